The molecule has 6 rings (SSSR count). The molecule has 0 aliphatic carbocycles. The van der Waals surface area contributed by atoms with Crippen molar-refractivity contribution < 1.29 is 4.57 Å². The van der Waals surface area contributed by atoms with Gasteiger partial charge >= 0.3 is 0 Å². The molecule has 4 nitrogen and oxygen atoms in total. The summed E-state index contributed by atoms with van der Waals surface area (Å²) >= 11 is 12.7. The van der Waals surface area contributed by atoms with E-state index < -0.39 is 7.14 Å². The molecule has 0 spiro atoms. The molecule has 0 aliphatic heterocycles. The van der Waals surface area contributed by atoms with Crippen LogP contribution in [0.1, 0.15) is 6.92 Å². The van der Waals surface area contributed by atoms with Crippen LogP contribution >= 0.6 is 30.3 Å². The smallest absolute Gasteiger partial charge is 0.171 e. The lowest BCUT2D eigenvalue weighted by Crippen LogP contribution is -2.17. The first kappa shape index (κ1) is 32.1. The quantitative estimate of drug-likeness (QED) is 0.113. The number of benzene rings is 5. The van der Waals surface area contributed by atoms with Gasteiger partial charge in [0.05, 0.1) is 0 Å². The molecule has 6 aromatic rings. The van der Waals surface area contributed by atoms with Gasteiger partial charge in [0.25, 0.3) is 0 Å². The van der Waals surface area contributed by atoms with Crippen molar-refractivity contribution >= 4 is 41.0 Å². The zero-order valence-corrected chi connectivity index (χ0v) is 28.0. The normalized spacial score (nSPS) is 13.0. The van der Waals surface area contributed by atoms with Crippen molar-refractivity contribution in [2.45, 2.75) is 6.92 Å². The predicted molar refractivity (Wildman–Crippen MR) is 198 cm³/mol. The topological polar surface area (TPSA) is 55.7 Å². The Bertz CT molecular complexity index is 2130. The third kappa shape index (κ3) is 6.96. The molecule has 1 heterocycles. The van der Waals surface area contributed by atoms with Gasteiger partial charge in [0.1, 0.15) is 0 Å². The van der Waals surface area contributed by atoms with Gasteiger partial charge in [-0.1, -0.05) is 145 Å². The fourth-order valence-electron chi connectivity index (χ4n) is 5.32. The number of hydrogen-bond donors (Lipinski definition) is 0. The van der Waals surface area contributed by atoms with E-state index in [0.29, 0.717) is 38.1 Å². The number of rotatable bonds is 9. The second-order valence-corrected chi connectivity index (χ2v) is 14.4. The van der Waals surface area contributed by atoms with Crippen LogP contribution in [-0.2, 0) is 4.57 Å². The minimum absolute atomic E-state index is 0.494. The van der Waals surface area contributed by atoms with Gasteiger partial charge in [0.15, 0.2) is 24.6 Å². The molecule has 0 radical (unpaired) electrons. The first-order valence-electron chi connectivity index (χ1n) is 15.0. The summed E-state index contributed by atoms with van der Waals surface area (Å²) in [5.41, 5.74) is 4.18. The number of halogens is 2. The highest BCUT2D eigenvalue weighted by Crippen LogP contribution is 2.52. The van der Waals surface area contributed by atoms with Crippen LogP contribution < -0.4 is 10.6 Å². The fourth-order valence-corrected chi connectivity index (χ4v) is 8.36. The molecule has 0 N–H and O–H groups in total. The van der Waals surface area contributed by atoms with Crippen molar-refractivity contribution in [3.05, 3.63) is 174 Å². The molecule has 47 heavy (non-hydrogen) atoms. The molecule has 0 amide bonds. The highest BCUT2D eigenvalue weighted by molar-refractivity contribution is 7.82. The maximum Gasteiger partial charge on any atom is 0.171 e. The zero-order valence-electron chi connectivity index (χ0n) is 25.6. The molecule has 230 valence electrons. The zero-order chi connectivity index (χ0) is 32.8. The molecule has 0 bridgehead atoms. The van der Waals surface area contributed by atoms with E-state index in [4.69, 9.17) is 38.2 Å². The third-order valence-corrected chi connectivity index (χ3v) is 11.2. The van der Waals surface area contributed by atoms with Crippen molar-refractivity contribution in [1.29, 1.82) is 0 Å². The standard InChI is InChI=1S/C40H30Cl2N3OP/c1-3-5-20-35(4-2)47(46,36-21-7-6-8-22-36)37-23-12-14-29(27-37)28-13-9-15-30(24-28)38-43-39(31-16-10-18-33(41)25-31)45-40(44-38)32-17-11-19-34(42)26-32/h3-27H,2H2,1H3/b5-3-,35-20+. The Labute approximate surface area is 285 Å². The van der Waals surface area contributed by atoms with Crippen LogP contribution in [0.2, 0.25) is 10.0 Å². The largest absolute Gasteiger partial charge is 0.309 e. The number of nitrogens with zero attached hydrogens (tertiary/aromatic N) is 3. The Kier molecular flexibility index (Phi) is 9.75. The molecule has 1 atom stereocenters. The Morgan fingerprint density at radius 2 is 1.06 bits per heavy atom. The molecule has 1 aromatic heterocycles. The highest BCUT2D eigenvalue weighted by atomic mass is 35.5. The second kappa shape index (κ2) is 14.3. The van der Waals surface area contributed by atoms with Crippen LogP contribution in [0.3, 0.4) is 0 Å². The number of hydrogen-bond acceptors (Lipinski definition) is 4. The first-order valence-corrected chi connectivity index (χ1v) is 17.5. The summed E-state index contributed by atoms with van der Waals surface area (Å²) in [6, 6.07) is 40.3. The summed E-state index contributed by atoms with van der Waals surface area (Å²) in [6.45, 7) is 5.95. The molecule has 0 saturated carbocycles. The van der Waals surface area contributed by atoms with Crippen molar-refractivity contribution in [2.75, 3.05) is 0 Å². The molecule has 0 aliphatic rings. The van der Waals surface area contributed by atoms with Crippen molar-refractivity contribution in [1.82, 2.24) is 15.0 Å². The summed E-state index contributed by atoms with van der Waals surface area (Å²) < 4.78 is 15.1. The van der Waals surface area contributed by atoms with E-state index in [1.165, 1.54) is 0 Å². The Morgan fingerprint density at radius 3 is 1.60 bits per heavy atom. The van der Waals surface area contributed by atoms with Gasteiger partial charge in [-0.15, -0.1) is 0 Å². The van der Waals surface area contributed by atoms with Gasteiger partial charge in [0, 0.05) is 42.7 Å². The minimum Gasteiger partial charge on any atom is -0.309 e. The van der Waals surface area contributed by atoms with Crippen LogP contribution in [-0.4, -0.2) is 15.0 Å². The monoisotopic (exact) mass is 669 g/mol. The van der Waals surface area contributed by atoms with Gasteiger partial charge in [-0.25, -0.2) is 15.0 Å². The molecule has 0 saturated heterocycles. The van der Waals surface area contributed by atoms with Crippen LogP contribution in [0.4, 0.5) is 0 Å². The molecule has 5 aromatic carbocycles. The Hall–Kier alpha value is -4.86. The summed E-state index contributed by atoms with van der Waals surface area (Å²) in [5, 5.41) is 3.30. The predicted octanol–water partition coefficient (Wildman–Crippen LogP) is 10.8. The van der Waals surface area contributed by atoms with Gasteiger partial charge in [-0.3, -0.25) is 0 Å². The van der Waals surface area contributed by atoms with Crippen LogP contribution in [0, 0.1) is 0 Å². The first-order chi connectivity index (χ1) is 22.9. The highest BCUT2D eigenvalue weighted by Gasteiger charge is 2.30. The van der Waals surface area contributed by atoms with E-state index in [-0.39, 0.29) is 0 Å². The Balaban J connectivity index is 1.48. The van der Waals surface area contributed by atoms with Gasteiger partial charge in [0.2, 0.25) is 0 Å². The fraction of sp³-hybridized carbons (Fsp3) is 0.0250. The van der Waals surface area contributed by atoms with E-state index in [1.807, 2.05) is 153 Å². The lowest BCUT2D eigenvalue weighted by Gasteiger charge is -2.21. The van der Waals surface area contributed by atoms with Crippen LogP contribution in [0.25, 0.3) is 45.3 Å². The van der Waals surface area contributed by atoms with E-state index in [9.17, 15) is 0 Å². The molecular weight excluding hydrogens is 640 g/mol. The summed E-state index contributed by atoms with van der Waals surface area (Å²) in [6.07, 6.45) is 7.38. The van der Waals surface area contributed by atoms with Crippen molar-refractivity contribution in [3.8, 4) is 45.3 Å². The summed E-state index contributed by atoms with van der Waals surface area (Å²) in [7, 11) is -3.23. The Morgan fingerprint density at radius 1 is 0.596 bits per heavy atom. The number of allylic oxidation sites excluding steroid dienone is 5. The van der Waals surface area contributed by atoms with E-state index in [2.05, 4.69) is 6.58 Å². The van der Waals surface area contributed by atoms with Gasteiger partial charge in [-0.2, -0.15) is 0 Å². The second-order valence-electron chi connectivity index (χ2n) is 10.7. The van der Waals surface area contributed by atoms with E-state index >= 15 is 4.57 Å². The molecular formula is C40H30Cl2N3OP. The third-order valence-electron chi connectivity index (χ3n) is 7.62. The van der Waals surface area contributed by atoms with Crippen molar-refractivity contribution in [2.24, 2.45) is 0 Å². The lowest BCUT2D eigenvalue weighted by molar-refractivity contribution is 0.591. The molecule has 7 heteroatoms. The average Bonchev–Trinajstić information content (AvgIpc) is 3.12. The van der Waals surface area contributed by atoms with Crippen LogP contribution in [0.5, 0.6) is 0 Å². The average molecular weight is 671 g/mol. The lowest BCUT2D eigenvalue weighted by atomic mass is 10.0. The van der Waals surface area contributed by atoms with Crippen LogP contribution in [0.15, 0.2) is 164 Å². The van der Waals surface area contributed by atoms with Gasteiger partial charge in [-0.05, 0) is 54.4 Å². The van der Waals surface area contributed by atoms with E-state index in [0.717, 1.165) is 33.1 Å². The summed E-state index contributed by atoms with van der Waals surface area (Å²) in [4.78, 5) is 14.5. The minimum atomic E-state index is -3.23. The van der Waals surface area contributed by atoms with E-state index in [1.54, 1.807) is 6.08 Å². The number of aromatic nitrogens is 3. The molecule has 1 unspecified atom stereocenters. The SMILES string of the molecule is C=C/C(=C\C=C/C)P(=O)(c1ccccc1)c1cccc(-c2cccc(-c3nc(-c4cccc(Cl)c4)nc(-c4cccc(Cl)c4)n3)c2)c1. The molecule has 0 fully saturated rings. The maximum atomic E-state index is 15.1. The van der Waals surface area contributed by atoms with Crippen molar-refractivity contribution in [3.63, 3.8) is 0 Å². The summed E-state index contributed by atoms with van der Waals surface area (Å²) in [5.74, 6) is 1.49. The van der Waals surface area contributed by atoms with Gasteiger partial charge < -0.3 is 4.57 Å². The maximum absolute atomic E-state index is 15.1.